The molecule has 0 radical (unpaired) electrons. The Balaban J connectivity index is 1.47. The number of aromatic nitrogens is 2. The third-order valence-electron chi connectivity index (χ3n) is 5.51. The normalized spacial score (nSPS) is 11.9. The molecule has 0 saturated heterocycles. The number of pyridine rings is 1. The number of ether oxygens (including phenoxy) is 1. The molecule has 4 aromatic rings. The van der Waals surface area contributed by atoms with Gasteiger partial charge in [-0.25, -0.2) is 4.98 Å². The molecule has 5 heteroatoms. The molecular formula is C27H26N2O3. The highest BCUT2D eigenvalue weighted by atomic mass is 16.5. The molecule has 5 nitrogen and oxygen atoms in total. The van der Waals surface area contributed by atoms with E-state index >= 15 is 0 Å². The Morgan fingerprint density at radius 1 is 0.969 bits per heavy atom. The Morgan fingerprint density at radius 2 is 1.66 bits per heavy atom. The van der Waals surface area contributed by atoms with Gasteiger partial charge < -0.3 is 4.74 Å². The van der Waals surface area contributed by atoms with Gasteiger partial charge in [0.1, 0.15) is 12.3 Å². The van der Waals surface area contributed by atoms with Gasteiger partial charge in [0, 0.05) is 12.3 Å². The minimum absolute atomic E-state index is 0.0188. The average Bonchev–Trinajstić information content (AvgIpc) is 2.82. The third kappa shape index (κ3) is 5.49. The van der Waals surface area contributed by atoms with Gasteiger partial charge in [-0.2, -0.15) is 0 Å². The van der Waals surface area contributed by atoms with E-state index in [1.165, 1.54) is 16.0 Å². The molecule has 1 unspecified atom stereocenters. The zero-order valence-corrected chi connectivity index (χ0v) is 18.1. The Hall–Kier alpha value is -3.73. The van der Waals surface area contributed by atoms with Gasteiger partial charge in [-0.3, -0.25) is 14.0 Å². The lowest BCUT2D eigenvalue weighted by molar-refractivity contribution is -0.150. The summed E-state index contributed by atoms with van der Waals surface area (Å²) < 4.78 is 7.13. The molecule has 0 amide bonds. The first-order valence-electron chi connectivity index (χ1n) is 10.8. The smallest absolute Gasteiger partial charge is 0.309 e. The quantitative estimate of drug-likeness (QED) is 0.388. The number of hydrogen-bond donors (Lipinski definition) is 0. The zero-order valence-electron chi connectivity index (χ0n) is 18.1. The van der Waals surface area contributed by atoms with Crippen LogP contribution in [-0.2, 0) is 29.0 Å². The fraction of sp³-hybridized carbons (Fsp3) is 0.222. The second kappa shape index (κ2) is 10.1. The zero-order chi connectivity index (χ0) is 22.3. The van der Waals surface area contributed by atoms with Gasteiger partial charge >= 0.3 is 5.97 Å². The van der Waals surface area contributed by atoms with E-state index in [0.717, 1.165) is 17.5 Å². The minimum Gasteiger partial charge on any atom is -0.459 e. The highest BCUT2D eigenvalue weighted by molar-refractivity contribution is 5.72. The molecule has 0 aliphatic carbocycles. The largest absolute Gasteiger partial charge is 0.459 e. The van der Waals surface area contributed by atoms with Gasteiger partial charge in [-0.15, -0.1) is 0 Å². The van der Waals surface area contributed by atoms with Gasteiger partial charge in [0.05, 0.1) is 11.6 Å². The molecule has 1 atom stereocenters. The molecule has 4 rings (SSSR count). The average molecular weight is 427 g/mol. The van der Waals surface area contributed by atoms with Crippen LogP contribution >= 0.6 is 0 Å². The van der Waals surface area contributed by atoms with Crippen LogP contribution in [0.25, 0.3) is 5.65 Å². The Kier molecular flexibility index (Phi) is 6.75. The number of hydrogen-bond acceptors (Lipinski definition) is 4. The van der Waals surface area contributed by atoms with Crippen molar-refractivity contribution in [3.63, 3.8) is 0 Å². The Bertz CT molecular complexity index is 1250. The molecule has 2 heterocycles. The number of carbonyl (C=O) groups is 1. The number of esters is 1. The lowest BCUT2D eigenvalue weighted by Gasteiger charge is -2.16. The summed E-state index contributed by atoms with van der Waals surface area (Å²) in [7, 11) is 0. The first-order valence-corrected chi connectivity index (χ1v) is 10.8. The lowest BCUT2D eigenvalue weighted by atomic mass is 9.93. The molecule has 162 valence electrons. The van der Waals surface area contributed by atoms with Gasteiger partial charge in [-0.1, -0.05) is 66.7 Å². The maximum atomic E-state index is 13.0. The topological polar surface area (TPSA) is 60.7 Å². The molecule has 2 aromatic carbocycles. The minimum atomic E-state index is -0.276. The summed E-state index contributed by atoms with van der Waals surface area (Å²) in [4.78, 5) is 29.9. The Morgan fingerprint density at radius 3 is 2.38 bits per heavy atom. The number of fused-ring (bicyclic) bond motifs is 1. The molecule has 0 fully saturated rings. The first kappa shape index (κ1) is 21.5. The predicted octanol–water partition coefficient (Wildman–Crippen LogP) is 4.54. The molecule has 0 saturated carbocycles. The van der Waals surface area contributed by atoms with Gasteiger partial charge in [-0.05, 0) is 48.9 Å². The van der Waals surface area contributed by atoms with Gasteiger partial charge in [0.2, 0.25) is 0 Å². The van der Waals surface area contributed by atoms with E-state index in [4.69, 9.17) is 4.74 Å². The molecule has 0 aliphatic heterocycles. The summed E-state index contributed by atoms with van der Waals surface area (Å²) in [5, 5.41) is 0. The fourth-order valence-electron chi connectivity index (χ4n) is 3.78. The summed E-state index contributed by atoms with van der Waals surface area (Å²) in [6.07, 6.45) is 3.84. The number of benzene rings is 2. The monoisotopic (exact) mass is 426 g/mol. The number of aryl methyl sites for hydroxylation is 2. The van der Waals surface area contributed by atoms with E-state index in [9.17, 15) is 9.59 Å². The van der Waals surface area contributed by atoms with E-state index in [1.807, 2.05) is 61.5 Å². The first-order chi connectivity index (χ1) is 15.6. The van der Waals surface area contributed by atoms with Crippen LogP contribution in [0.4, 0.5) is 0 Å². The van der Waals surface area contributed by atoms with Crippen LogP contribution in [0.2, 0.25) is 0 Å². The van der Waals surface area contributed by atoms with Crippen LogP contribution in [0.3, 0.4) is 0 Å². The van der Waals surface area contributed by atoms with Crippen LogP contribution in [0.5, 0.6) is 0 Å². The van der Waals surface area contributed by atoms with Crippen molar-refractivity contribution in [2.45, 2.75) is 32.8 Å². The number of rotatable bonds is 8. The second-order valence-electron chi connectivity index (χ2n) is 8.04. The van der Waals surface area contributed by atoms with Gasteiger partial charge in [0.25, 0.3) is 5.56 Å². The predicted molar refractivity (Wildman–Crippen MR) is 124 cm³/mol. The summed E-state index contributed by atoms with van der Waals surface area (Å²) in [5.74, 6) is -0.544. The van der Waals surface area contributed by atoms with Crippen molar-refractivity contribution in [2.24, 2.45) is 5.92 Å². The van der Waals surface area contributed by atoms with Crippen molar-refractivity contribution >= 4 is 11.6 Å². The van der Waals surface area contributed by atoms with Crippen molar-refractivity contribution in [1.29, 1.82) is 0 Å². The van der Waals surface area contributed by atoms with Crippen molar-refractivity contribution in [1.82, 2.24) is 9.38 Å². The standard InChI is InChI=1S/C27H26N2O3/c1-20-12-15-25-28-24(17-26(30)29(25)18-20)19-32-27(31)23(16-22-10-6-3-7-11-22)14-13-21-8-4-2-5-9-21/h2-12,15,17-18,23H,13-14,16,19H2,1H3. The maximum Gasteiger partial charge on any atom is 0.309 e. The van der Waals surface area contributed by atoms with Gasteiger partial charge in [0.15, 0.2) is 0 Å². The highest BCUT2D eigenvalue weighted by Gasteiger charge is 2.21. The van der Waals surface area contributed by atoms with Crippen molar-refractivity contribution in [3.8, 4) is 0 Å². The number of carbonyl (C=O) groups excluding carboxylic acids is 1. The highest BCUT2D eigenvalue weighted by Crippen LogP contribution is 2.18. The molecule has 0 bridgehead atoms. The Labute approximate surface area is 187 Å². The van der Waals surface area contributed by atoms with E-state index in [0.29, 0.717) is 24.2 Å². The molecular weight excluding hydrogens is 400 g/mol. The van der Waals surface area contributed by atoms with E-state index in [-0.39, 0.29) is 24.1 Å². The van der Waals surface area contributed by atoms with Crippen LogP contribution in [-0.4, -0.2) is 15.4 Å². The van der Waals surface area contributed by atoms with Crippen LogP contribution < -0.4 is 5.56 Å². The van der Waals surface area contributed by atoms with Crippen LogP contribution in [0.1, 0.15) is 28.8 Å². The van der Waals surface area contributed by atoms with Crippen molar-refractivity contribution in [3.05, 3.63) is 118 Å². The lowest BCUT2D eigenvalue weighted by Crippen LogP contribution is -2.22. The van der Waals surface area contributed by atoms with E-state index < -0.39 is 0 Å². The molecule has 32 heavy (non-hydrogen) atoms. The van der Waals surface area contributed by atoms with Crippen molar-refractivity contribution in [2.75, 3.05) is 0 Å². The summed E-state index contributed by atoms with van der Waals surface area (Å²) in [5.41, 5.74) is 4.07. The van der Waals surface area contributed by atoms with Crippen molar-refractivity contribution < 1.29 is 9.53 Å². The second-order valence-corrected chi connectivity index (χ2v) is 8.04. The SMILES string of the molecule is Cc1ccc2nc(COC(=O)C(CCc3ccccc3)Cc3ccccc3)cc(=O)n2c1. The van der Waals surface area contributed by atoms with E-state index in [1.54, 1.807) is 12.3 Å². The van der Waals surface area contributed by atoms with Crippen LogP contribution in [0, 0.1) is 12.8 Å². The molecule has 0 spiro atoms. The number of nitrogens with zero attached hydrogens (tertiary/aromatic N) is 2. The van der Waals surface area contributed by atoms with Crippen LogP contribution in [0.15, 0.2) is 89.9 Å². The fourth-order valence-corrected chi connectivity index (χ4v) is 3.78. The molecule has 0 N–H and O–H groups in total. The molecule has 0 aliphatic rings. The maximum absolute atomic E-state index is 13.0. The van der Waals surface area contributed by atoms with E-state index in [2.05, 4.69) is 17.1 Å². The third-order valence-corrected chi connectivity index (χ3v) is 5.51. The summed E-state index contributed by atoms with van der Waals surface area (Å²) >= 11 is 0. The summed E-state index contributed by atoms with van der Waals surface area (Å²) in [6, 6.07) is 25.2. The summed E-state index contributed by atoms with van der Waals surface area (Å²) in [6.45, 7) is 1.90. The molecule has 2 aromatic heterocycles.